The maximum absolute atomic E-state index is 12.2. The zero-order valence-electron chi connectivity index (χ0n) is 14.6. The molecule has 24 heavy (non-hydrogen) atoms. The molecule has 128 valence electrons. The summed E-state index contributed by atoms with van der Waals surface area (Å²) in [6.07, 6.45) is 0. The minimum atomic E-state index is -0.170. The van der Waals surface area contributed by atoms with Crippen LogP contribution < -0.4 is 10.1 Å². The summed E-state index contributed by atoms with van der Waals surface area (Å²) in [4.78, 5) is 12.2. The van der Waals surface area contributed by atoms with Crippen LogP contribution in [0.25, 0.3) is 0 Å². The second kappa shape index (κ2) is 8.20. The first-order valence-electron chi connectivity index (χ1n) is 8.15. The van der Waals surface area contributed by atoms with Crippen LogP contribution in [0.2, 0.25) is 5.02 Å². The molecule has 0 radical (unpaired) electrons. The Kier molecular flexibility index (Phi) is 6.27. The summed E-state index contributed by atoms with van der Waals surface area (Å²) in [5, 5.41) is 3.56. The van der Waals surface area contributed by atoms with E-state index in [0.29, 0.717) is 10.9 Å². The van der Waals surface area contributed by atoms with Crippen LogP contribution in [-0.2, 0) is 4.79 Å². The number of ether oxygens (including phenoxy) is 1. The fourth-order valence-electron chi connectivity index (χ4n) is 2.46. The SMILES string of the molecule is Cc1ccc(C(C)C)cc1OCC(=O)NC(C)c1ccccc1Cl. The first-order valence-corrected chi connectivity index (χ1v) is 8.53. The molecule has 1 amide bonds. The topological polar surface area (TPSA) is 38.3 Å². The number of benzene rings is 2. The third-order valence-electron chi connectivity index (χ3n) is 3.99. The first kappa shape index (κ1) is 18.3. The van der Waals surface area contributed by atoms with Crippen LogP contribution in [0.1, 0.15) is 49.4 Å². The third kappa shape index (κ3) is 4.75. The fraction of sp³-hybridized carbons (Fsp3) is 0.350. The quantitative estimate of drug-likeness (QED) is 0.797. The number of hydrogen-bond acceptors (Lipinski definition) is 2. The van der Waals surface area contributed by atoms with Gasteiger partial charge in [0.2, 0.25) is 0 Å². The van der Waals surface area contributed by atoms with Gasteiger partial charge in [-0.3, -0.25) is 4.79 Å². The van der Waals surface area contributed by atoms with Gasteiger partial charge in [0.25, 0.3) is 5.91 Å². The van der Waals surface area contributed by atoms with Crippen molar-refractivity contribution >= 4 is 17.5 Å². The zero-order chi connectivity index (χ0) is 17.7. The van der Waals surface area contributed by atoms with Crippen LogP contribution in [0.5, 0.6) is 5.75 Å². The maximum atomic E-state index is 12.2. The molecule has 0 spiro atoms. The van der Waals surface area contributed by atoms with E-state index in [0.717, 1.165) is 16.9 Å². The van der Waals surface area contributed by atoms with Gasteiger partial charge >= 0.3 is 0 Å². The summed E-state index contributed by atoms with van der Waals surface area (Å²) in [6, 6.07) is 13.4. The van der Waals surface area contributed by atoms with Gasteiger partial charge in [-0.2, -0.15) is 0 Å². The highest BCUT2D eigenvalue weighted by Gasteiger charge is 2.13. The highest BCUT2D eigenvalue weighted by Crippen LogP contribution is 2.25. The largest absolute Gasteiger partial charge is 0.483 e. The summed E-state index contributed by atoms with van der Waals surface area (Å²) in [5.74, 6) is 1.00. The van der Waals surface area contributed by atoms with E-state index < -0.39 is 0 Å². The normalized spacial score (nSPS) is 12.1. The summed E-state index contributed by atoms with van der Waals surface area (Å²) in [7, 11) is 0. The molecule has 2 aromatic rings. The Morgan fingerprint density at radius 1 is 1.17 bits per heavy atom. The molecule has 0 bridgehead atoms. The molecule has 0 fully saturated rings. The van der Waals surface area contributed by atoms with E-state index in [1.54, 1.807) is 0 Å². The molecule has 0 saturated heterocycles. The Bertz CT molecular complexity index is 713. The van der Waals surface area contributed by atoms with Gasteiger partial charge in [0, 0.05) is 5.02 Å². The number of rotatable bonds is 6. The number of carbonyl (C=O) groups is 1. The smallest absolute Gasteiger partial charge is 0.258 e. The van der Waals surface area contributed by atoms with Crippen LogP contribution in [-0.4, -0.2) is 12.5 Å². The Hall–Kier alpha value is -2.00. The fourth-order valence-corrected chi connectivity index (χ4v) is 2.76. The molecule has 0 aliphatic rings. The van der Waals surface area contributed by atoms with Crippen LogP contribution in [0, 0.1) is 6.92 Å². The van der Waals surface area contributed by atoms with Crippen molar-refractivity contribution in [2.75, 3.05) is 6.61 Å². The van der Waals surface area contributed by atoms with E-state index in [1.165, 1.54) is 5.56 Å². The van der Waals surface area contributed by atoms with Gasteiger partial charge in [-0.1, -0.05) is 55.8 Å². The summed E-state index contributed by atoms with van der Waals surface area (Å²) in [5.41, 5.74) is 3.11. The summed E-state index contributed by atoms with van der Waals surface area (Å²) in [6.45, 7) is 8.13. The molecule has 1 atom stereocenters. The maximum Gasteiger partial charge on any atom is 0.258 e. The molecule has 4 heteroatoms. The van der Waals surface area contributed by atoms with Crippen LogP contribution >= 0.6 is 11.6 Å². The highest BCUT2D eigenvalue weighted by molar-refractivity contribution is 6.31. The van der Waals surface area contributed by atoms with Gasteiger partial charge in [0.15, 0.2) is 6.61 Å². The van der Waals surface area contributed by atoms with E-state index in [9.17, 15) is 4.79 Å². The third-order valence-corrected chi connectivity index (χ3v) is 4.33. The van der Waals surface area contributed by atoms with Crippen molar-refractivity contribution in [3.63, 3.8) is 0 Å². The molecule has 0 heterocycles. The zero-order valence-corrected chi connectivity index (χ0v) is 15.4. The van der Waals surface area contributed by atoms with Crippen molar-refractivity contribution in [3.8, 4) is 5.75 Å². The lowest BCUT2D eigenvalue weighted by atomic mass is 10.0. The number of amides is 1. The molecule has 2 rings (SSSR count). The van der Waals surface area contributed by atoms with Crippen molar-refractivity contribution in [2.24, 2.45) is 0 Å². The van der Waals surface area contributed by atoms with Gasteiger partial charge in [0.1, 0.15) is 5.75 Å². The molecule has 0 aliphatic carbocycles. The van der Waals surface area contributed by atoms with Crippen molar-refractivity contribution in [2.45, 2.75) is 39.7 Å². The van der Waals surface area contributed by atoms with E-state index in [4.69, 9.17) is 16.3 Å². The van der Waals surface area contributed by atoms with Crippen molar-refractivity contribution < 1.29 is 9.53 Å². The predicted molar refractivity (Wildman–Crippen MR) is 98.8 cm³/mol. The molecule has 0 saturated carbocycles. The number of carbonyl (C=O) groups excluding carboxylic acids is 1. The number of halogens is 1. The van der Waals surface area contributed by atoms with Crippen molar-refractivity contribution in [1.82, 2.24) is 5.32 Å². The van der Waals surface area contributed by atoms with E-state index >= 15 is 0 Å². The Morgan fingerprint density at radius 2 is 1.88 bits per heavy atom. The second-order valence-electron chi connectivity index (χ2n) is 6.28. The molecule has 2 aromatic carbocycles. The molecule has 1 unspecified atom stereocenters. The summed E-state index contributed by atoms with van der Waals surface area (Å²) < 4.78 is 5.71. The molecule has 3 nitrogen and oxygen atoms in total. The monoisotopic (exact) mass is 345 g/mol. The van der Waals surface area contributed by atoms with Crippen LogP contribution in [0.4, 0.5) is 0 Å². The van der Waals surface area contributed by atoms with Gasteiger partial charge in [-0.25, -0.2) is 0 Å². The second-order valence-corrected chi connectivity index (χ2v) is 6.69. The molecular formula is C20H24ClNO2. The molecule has 1 N–H and O–H groups in total. The van der Waals surface area contributed by atoms with E-state index in [1.807, 2.05) is 50.2 Å². The van der Waals surface area contributed by atoms with Gasteiger partial charge < -0.3 is 10.1 Å². The Morgan fingerprint density at radius 3 is 2.54 bits per heavy atom. The number of hydrogen-bond donors (Lipinski definition) is 1. The van der Waals surface area contributed by atoms with Gasteiger partial charge in [0.05, 0.1) is 6.04 Å². The Balaban J connectivity index is 1.96. The number of nitrogens with one attached hydrogen (secondary N) is 1. The van der Waals surface area contributed by atoms with Crippen molar-refractivity contribution in [1.29, 1.82) is 0 Å². The molecular weight excluding hydrogens is 322 g/mol. The molecule has 0 aromatic heterocycles. The number of aryl methyl sites for hydroxylation is 1. The van der Waals surface area contributed by atoms with Crippen LogP contribution in [0.3, 0.4) is 0 Å². The van der Waals surface area contributed by atoms with E-state index in [-0.39, 0.29) is 18.6 Å². The lowest BCUT2D eigenvalue weighted by Gasteiger charge is -2.17. The van der Waals surface area contributed by atoms with Gasteiger partial charge in [-0.15, -0.1) is 0 Å². The highest BCUT2D eigenvalue weighted by atomic mass is 35.5. The lowest BCUT2D eigenvalue weighted by Crippen LogP contribution is -2.31. The minimum absolute atomic E-state index is 0.0167. The Labute approximate surface area is 149 Å². The van der Waals surface area contributed by atoms with Crippen LogP contribution in [0.15, 0.2) is 42.5 Å². The predicted octanol–water partition coefficient (Wildman–Crippen LogP) is 5.03. The van der Waals surface area contributed by atoms with E-state index in [2.05, 4.69) is 25.2 Å². The average molecular weight is 346 g/mol. The first-order chi connectivity index (χ1) is 11.4. The van der Waals surface area contributed by atoms with Crippen molar-refractivity contribution in [3.05, 3.63) is 64.2 Å². The molecule has 0 aliphatic heterocycles. The van der Waals surface area contributed by atoms with Gasteiger partial charge in [-0.05, 0) is 48.6 Å². The summed E-state index contributed by atoms with van der Waals surface area (Å²) >= 11 is 6.16. The average Bonchev–Trinajstić information content (AvgIpc) is 2.54. The minimum Gasteiger partial charge on any atom is -0.483 e. The standard InChI is InChI=1S/C20H24ClNO2/c1-13(2)16-10-9-14(3)19(11-16)24-12-20(23)22-15(4)17-7-5-6-8-18(17)21/h5-11,13,15H,12H2,1-4H3,(H,22,23). The lowest BCUT2D eigenvalue weighted by molar-refractivity contribution is -0.123.